The maximum Gasteiger partial charge on any atom is 0.254 e. The summed E-state index contributed by atoms with van der Waals surface area (Å²) >= 11 is 8.24. The van der Waals surface area contributed by atoms with E-state index in [2.05, 4.69) is 41.8 Å². The van der Waals surface area contributed by atoms with E-state index in [1.807, 2.05) is 17.0 Å². The summed E-state index contributed by atoms with van der Waals surface area (Å²) < 4.78 is 0.963. The van der Waals surface area contributed by atoms with Gasteiger partial charge in [-0.15, -0.1) is 0 Å². The molecule has 98 valence electrons. The monoisotopic (exact) mass is 378 g/mol. The summed E-state index contributed by atoms with van der Waals surface area (Å²) in [5.41, 5.74) is 0.500. The zero-order valence-electron chi connectivity index (χ0n) is 10.5. The van der Waals surface area contributed by atoms with Gasteiger partial charge in [0.2, 0.25) is 0 Å². The molecule has 3 nitrogen and oxygen atoms in total. The van der Waals surface area contributed by atoms with Crippen molar-refractivity contribution < 1.29 is 4.79 Å². The first kappa shape index (κ1) is 14.1. The van der Waals surface area contributed by atoms with Crippen LogP contribution in [0.25, 0.3) is 0 Å². The molecule has 0 spiro atoms. The quantitative estimate of drug-likeness (QED) is 0.762. The molecule has 1 aliphatic rings. The molecular weight excluding hydrogens is 363 g/mol. The maximum absolute atomic E-state index is 12.5. The van der Waals surface area contributed by atoms with E-state index < -0.39 is 0 Å². The minimum Gasteiger partial charge on any atom is -0.331 e. The van der Waals surface area contributed by atoms with Gasteiger partial charge in [-0.2, -0.15) is 0 Å². The summed E-state index contributed by atoms with van der Waals surface area (Å²) in [6.45, 7) is 6.54. The van der Waals surface area contributed by atoms with Crippen molar-refractivity contribution in [3.8, 4) is 0 Å². The van der Waals surface area contributed by atoms with Crippen LogP contribution in [-0.4, -0.2) is 36.0 Å². The van der Waals surface area contributed by atoms with Crippen LogP contribution in [0.15, 0.2) is 18.2 Å². The van der Waals surface area contributed by atoms with Crippen LogP contribution < -0.4 is 5.32 Å². The summed E-state index contributed by atoms with van der Waals surface area (Å²) in [6.07, 6.45) is 0. The highest BCUT2D eigenvalue weighted by Crippen LogP contribution is 2.23. The molecule has 0 saturated carbocycles. The predicted octanol–water partition coefficient (Wildman–Crippen LogP) is 2.77. The lowest BCUT2D eigenvalue weighted by Crippen LogP contribution is -2.59. The highest BCUT2D eigenvalue weighted by Gasteiger charge is 2.33. The van der Waals surface area contributed by atoms with Crippen molar-refractivity contribution in [1.82, 2.24) is 10.2 Å². The van der Waals surface area contributed by atoms with E-state index in [0.29, 0.717) is 10.6 Å². The van der Waals surface area contributed by atoms with E-state index in [0.717, 1.165) is 23.2 Å². The van der Waals surface area contributed by atoms with Crippen molar-refractivity contribution in [2.45, 2.75) is 19.4 Å². The average Bonchev–Trinajstić information content (AvgIpc) is 2.31. The van der Waals surface area contributed by atoms with Gasteiger partial charge in [0.15, 0.2) is 0 Å². The van der Waals surface area contributed by atoms with Crippen molar-refractivity contribution in [3.63, 3.8) is 0 Å². The lowest BCUT2D eigenvalue weighted by molar-refractivity contribution is 0.0477. The SMILES string of the molecule is CC1(C)CNCCN1C(=O)c1ccc(I)c(Cl)c1. The van der Waals surface area contributed by atoms with Crippen LogP contribution in [0.4, 0.5) is 0 Å². The Hall–Kier alpha value is -0.330. The lowest BCUT2D eigenvalue weighted by Gasteiger charge is -2.42. The minimum atomic E-state index is -0.162. The molecule has 0 aromatic heterocycles. The molecule has 2 rings (SSSR count). The Morgan fingerprint density at radius 1 is 1.50 bits per heavy atom. The van der Waals surface area contributed by atoms with Crippen molar-refractivity contribution >= 4 is 40.1 Å². The van der Waals surface area contributed by atoms with Gasteiger partial charge in [0.1, 0.15) is 0 Å². The summed E-state index contributed by atoms with van der Waals surface area (Å²) in [5.74, 6) is 0.0554. The third-order valence-corrected chi connectivity index (χ3v) is 4.78. The third kappa shape index (κ3) is 2.81. The Morgan fingerprint density at radius 2 is 2.22 bits per heavy atom. The van der Waals surface area contributed by atoms with Crippen LogP contribution in [0.5, 0.6) is 0 Å². The van der Waals surface area contributed by atoms with Gasteiger partial charge in [-0.3, -0.25) is 4.79 Å². The summed E-state index contributed by atoms with van der Waals surface area (Å²) in [6, 6.07) is 5.48. The van der Waals surface area contributed by atoms with Gasteiger partial charge in [-0.05, 0) is 54.6 Å². The Labute approximate surface area is 126 Å². The van der Waals surface area contributed by atoms with Gasteiger partial charge in [0.05, 0.1) is 10.6 Å². The lowest BCUT2D eigenvalue weighted by atomic mass is 9.99. The molecule has 1 saturated heterocycles. The number of rotatable bonds is 1. The summed E-state index contributed by atoms with van der Waals surface area (Å²) in [7, 11) is 0. The number of amides is 1. The maximum atomic E-state index is 12.5. The average molecular weight is 379 g/mol. The molecule has 0 radical (unpaired) electrons. The highest BCUT2D eigenvalue weighted by molar-refractivity contribution is 14.1. The molecule has 1 fully saturated rings. The van der Waals surface area contributed by atoms with Crippen LogP contribution in [-0.2, 0) is 0 Å². The molecule has 1 aromatic rings. The van der Waals surface area contributed by atoms with Crippen LogP contribution in [0.3, 0.4) is 0 Å². The molecule has 0 aliphatic carbocycles. The van der Waals surface area contributed by atoms with E-state index >= 15 is 0 Å². The summed E-state index contributed by atoms with van der Waals surface area (Å²) in [4.78, 5) is 14.4. The molecular formula is C13H16ClIN2O. The van der Waals surface area contributed by atoms with Gasteiger partial charge in [-0.1, -0.05) is 11.6 Å². The van der Waals surface area contributed by atoms with Crippen LogP contribution in [0.2, 0.25) is 5.02 Å². The van der Waals surface area contributed by atoms with Gasteiger partial charge in [0, 0.05) is 28.8 Å². The van der Waals surface area contributed by atoms with E-state index in [9.17, 15) is 4.79 Å². The van der Waals surface area contributed by atoms with Crippen molar-refractivity contribution in [1.29, 1.82) is 0 Å². The van der Waals surface area contributed by atoms with Crippen molar-refractivity contribution in [2.75, 3.05) is 19.6 Å². The van der Waals surface area contributed by atoms with Crippen molar-refractivity contribution in [3.05, 3.63) is 32.4 Å². The number of carbonyl (C=O) groups is 1. The Morgan fingerprint density at radius 3 is 2.83 bits per heavy atom. The zero-order valence-corrected chi connectivity index (χ0v) is 13.4. The molecule has 5 heteroatoms. The number of piperazine rings is 1. The van der Waals surface area contributed by atoms with E-state index in [1.54, 1.807) is 6.07 Å². The molecule has 0 atom stereocenters. The summed E-state index contributed by atoms with van der Waals surface area (Å²) in [5, 5.41) is 3.94. The number of carbonyl (C=O) groups excluding carboxylic acids is 1. The normalized spacial score (nSPS) is 18.8. The Kier molecular flexibility index (Phi) is 4.18. The fourth-order valence-electron chi connectivity index (χ4n) is 2.14. The molecule has 1 N–H and O–H groups in total. The first-order valence-corrected chi connectivity index (χ1v) is 7.35. The fourth-order valence-corrected chi connectivity index (χ4v) is 2.66. The van der Waals surface area contributed by atoms with E-state index in [1.165, 1.54) is 0 Å². The molecule has 1 amide bonds. The number of nitrogens with one attached hydrogen (secondary N) is 1. The number of hydrogen-bond acceptors (Lipinski definition) is 2. The van der Waals surface area contributed by atoms with E-state index in [4.69, 9.17) is 11.6 Å². The van der Waals surface area contributed by atoms with Gasteiger partial charge >= 0.3 is 0 Å². The second-order valence-electron chi connectivity index (χ2n) is 5.07. The first-order valence-electron chi connectivity index (χ1n) is 5.89. The number of hydrogen-bond donors (Lipinski definition) is 1. The Balaban J connectivity index is 2.27. The van der Waals surface area contributed by atoms with Gasteiger partial charge in [0.25, 0.3) is 5.91 Å². The highest BCUT2D eigenvalue weighted by atomic mass is 127. The molecule has 1 aromatic carbocycles. The van der Waals surface area contributed by atoms with Crippen LogP contribution in [0, 0.1) is 3.57 Å². The van der Waals surface area contributed by atoms with Crippen LogP contribution >= 0.6 is 34.2 Å². The van der Waals surface area contributed by atoms with Crippen LogP contribution in [0.1, 0.15) is 24.2 Å². The minimum absolute atomic E-state index is 0.0554. The molecule has 1 aliphatic heterocycles. The zero-order chi connectivity index (χ0) is 13.3. The molecule has 0 bridgehead atoms. The first-order chi connectivity index (χ1) is 8.42. The number of halogens is 2. The third-order valence-electron chi connectivity index (χ3n) is 3.21. The van der Waals surface area contributed by atoms with Gasteiger partial charge < -0.3 is 10.2 Å². The molecule has 1 heterocycles. The van der Waals surface area contributed by atoms with Crippen molar-refractivity contribution in [2.24, 2.45) is 0 Å². The second-order valence-corrected chi connectivity index (χ2v) is 6.64. The second kappa shape index (κ2) is 5.35. The fraction of sp³-hybridized carbons (Fsp3) is 0.462. The largest absolute Gasteiger partial charge is 0.331 e. The standard InChI is InChI=1S/C13H16ClIN2O/c1-13(2)8-16-5-6-17(13)12(18)9-3-4-11(15)10(14)7-9/h3-4,7,16H,5-6,8H2,1-2H3. The molecule has 18 heavy (non-hydrogen) atoms. The molecule has 0 unspecified atom stereocenters. The number of nitrogens with zero attached hydrogens (tertiary/aromatic N) is 1. The van der Waals surface area contributed by atoms with Gasteiger partial charge in [-0.25, -0.2) is 0 Å². The number of benzene rings is 1. The predicted molar refractivity (Wildman–Crippen MR) is 82.2 cm³/mol. The topological polar surface area (TPSA) is 32.3 Å². The smallest absolute Gasteiger partial charge is 0.254 e. The van der Waals surface area contributed by atoms with E-state index in [-0.39, 0.29) is 11.4 Å². The Bertz CT molecular complexity index is 476.